The molecule has 0 bridgehead atoms. The fraction of sp³-hybridized carbons (Fsp3) is 0.588. The smallest absolute Gasteiger partial charge is 0.345 e. The van der Waals surface area contributed by atoms with Crippen molar-refractivity contribution in [3.8, 4) is 0 Å². The van der Waals surface area contributed by atoms with Gasteiger partial charge in [-0.2, -0.15) is 0 Å². The van der Waals surface area contributed by atoms with Crippen molar-refractivity contribution in [2.75, 3.05) is 14.1 Å². The Hall–Kier alpha value is -2.55. The standard InChI is InChI=1S/C17H23N3O6/c1-17(2,13-6-5-7-14(13)18(3)4)26-16(21)12-9-8-11(19(22)23)10-15(12)20(24)25/h8-10,13-14H,5-7H2,1-4H3/t13-,14+/m0/s1. The van der Waals surface area contributed by atoms with Gasteiger partial charge in [0.1, 0.15) is 11.2 Å². The lowest BCUT2D eigenvalue weighted by molar-refractivity contribution is -0.394. The van der Waals surface area contributed by atoms with Crippen LogP contribution in [0.5, 0.6) is 0 Å². The highest BCUT2D eigenvalue weighted by Gasteiger charge is 2.43. The van der Waals surface area contributed by atoms with Gasteiger partial charge in [-0.15, -0.1) is 0 Å². The van der Waals surface area contributed by atoms with Gasteiger partial charge < -0.3 is 9.64 Å². The molecule has 26 heavy (non-hydrogen) atoms. The van der Waals surface area contributed by atoms with Crippen molar-refractivity contribution in [2.45, 2.75) is 44.8 Å². The van der Waals surface area contributed by atoms with Gasteiger partial charge in [0.05, 0.1) is 15.9 Å². The Labute approximate surface area is 151 Å². The van der Waals surface area contributed by atoms with Gasteiger partial charge in [0.15, 0.2) is 0 Å². The lowest BCUT2D eigenvalue weighted by atomic mass is 9.85. The summed E-state index contributed by atoms with van der Waals surface area (Å²) < 4.78 is 5.64. The number of nitrogens with zero attached hydrogens (tertiary/aromatic N) is 3. The Morgan fingerprint density at radius 2 is 1.85 bits per heavy atom. The molecule has 2 atom stereocenters. The molecule has 0 radical (unpaired) electrons. The van der Waals surface area contributed by atoms with Crippen LogP contribution in [-0.2, 0) is 4.74 Å². The first-order chi connectivity index (χ1) is 12.0. The van der Waals surface area contributed by atoms with Gasteiger partial charge in [0, 0.05) is 18.0 Å². The molecule has 0 N–H and O–H groups in total. The number of rotatable bonds is 6. The number of hydrogen-bond donors (Lipinski definition) is 0. The summed E-state index contributed by atoms with van der Waals surface area (Å²) in [4.78, 5) is 35.2. The Morgan fingerprint density at radius 1 is 1.19 bits per heavy atom. The monoisotopic (exact) mass is 365 g/mol. The maximum Gasteiger partial charge on any atom is 0.345 e. The maximum absolute atomic E-state index is 12.6. The topological polar surface area (TPSA) is 116 Å². The Morgan fingerprint density at radius 3 is 2.38 bits per heavy atom. The molecule has 9 nitrogen and oxygen atoms in total. The van der Waals surface area contributed by atoms with E-state index in [4.69, 9.17) is 4.74 Å². The van der Waals surface area contributed by atoms with Gasteiger partial charge in [-0.05, 0) is 46.9 Å². The first kappa shape index (κ1) is 19.8. The van der Waals surface area contributed by atoms with Gasteiger partial charge in [0.25, 0.3) is 11.4 Å². The van der Waals surface area contributed by atoms with E-state index in [9.17, 15) is 25.0 Å². The SMILES string of the molecule is CN(C)[C@@H]1CCC[C@@H]1C(C)(C)OC(=O)c1ccc([N+](=O)[O-])cc1[N+](=O)[O-]. The second-order valence-electron chi connectivity index (χ2n) is 7.28. The van der Waals surface area contributed by atoms with E-state index < -0.39 is 32.8 Å². The zero-order valence-corrected chi connectivity index (χ0v) is 15.3. The predicted molar refractivity (Wildman–Crippen MR) is 94.1 cm³/mol. The van der Waals surface area contributed by atoms with E-state index in [1.807, 2.05) is 14.1 Å². The number of non-ortho nitro benzene ring substituents is 1. The number of hydrogen-bond acceptors (Lipinski definition) is 7. The zero-order chi connectivity index (χ0) is 19.6. The van der Waals surface area contributed by atoms with E-state index in [2.05, 4.69) is 4.90 Å². The van der Waals surface area contributed by atoms with Gasteiger partial charge in [-0.25, -0.2) is 4.79 Å². The molecule has 0 aliphatic heterocycles. The highest BCUT2D eigenvalue weighted by atomic mass is 16.6. The number of carbonyl (C=O) groups excluding carboxylic acids is 1. The second kappa shape index (κ2) is 7.36. The van der Waals surface area contributed by atoms with Crippen molar-refractivity contribution in [1.29, 1.82) is 0 Å². The molecule has 1 saturated carbocycles. The van der Waals surface area contributed by atoms with E-state index in [-0.39, 0.29) is 17.5 Å². The highest BCUT2D eigenvalue weighted by molar-refractivity contribution is 5.94. The van der Waals surface area contributed by atoms with Crippen LogP contribution in [0, 0.1) is 26.1 Å². The van der Waals surface area contributed by atoms with E-state index in [0.717, 1.165) is 37.5 Å². The van der Waals surface area contributed by atoms with Crippen LogP contribution in [0.2, 0.25) is 0 Å². The first-order valence-corrected chi connectivity index (χ1v) is 8.37. The third-order valence-corrected chi connectivity index (χ3v) is 5.00. The van der Waals surface area contributed by atoms with E-state index in [0.29, 0.717) is 0 Å². The van der Waals surface area contributed by atoms with Crippen LogP contribution in [0.25, 0.3) is 0 Å². The minimum Gasteiger partial charge on any atom is -0.456 e. The zero-order valence-electron chi connectivity index (χ0n) is 15.3. The molecule has 0 heterocycles. The van der Waals surface area contributed by atoms with Gasteiger partial charge >= 0.3 is 5.97 Å². The Bertz CT molecular complexity index is 731. The summed E-state index contributed by atoms with van der Waals surface area (Å²) in [7, 11) is 3.95. The van der Waals surface area contributed by atoms with Gasteiger partial charge in [-0.1, -0.05) is 6.42 Å². The molecule has 1 aliphatic carbocycles. The van der Waals surface area contributed by atoms with Crippen LogP contribution < -0.4 is 0 Å². The lowest BCUT2D eigenvalue weighted by Crippen LogP contribution is -2.45. The molecule has 142 valence electrons. The van der Waals surface area contributed by atoms with Crippen molar-refractivity contribution < 1.29 is 19.4 Å². The summed E-state index contributed by atoms with van der Waals surface area (Å²) in [5, 5.41) is 22.1. The van der Waals surface area contributed by atoms with Crippen LogP contribution in [0.1, 0.15) is 43.5 Å². The molecule has 0 amide bonds. The molecule has 0 aromatic heterocycles. The summed E-state index contributed by atoms with van der Waals surface area (Å²) in [6, 6.07) is 3.17. The molecule has 1 aliphatic rings. The number of carbonyl (C=O) groups is 1. The first-order valence-electron chi connectivity index (χ1n) is 8.37. The fourth-order valence-corrected chi connectivity index (χ4v) is 3.70. The minimum absolute atomic E-state index is 0.0959. The van der Waals surface area contributed by atoms with E-state index in [1.54, 1.807) is 13.8 Å². The van der Waals surface area contributed by atoms with Crippen LogP contribution in [0.4, 0.5) is 11.4 Å². The summed E-state index contributed by atoms with van der Waals surface area (Å²) in [5.74, 6) is -0.750. The van der Waals surface area contributed by atoms with Crippen molar-refractivity contribution in [3.63, 3.8) is 0 Å². The van der Waals surface area contributed by atoms with Gasteiger partial charge in [0.2, 0.25) is 0 Å². The van der Waals surface area contributed by atoms with E-state index in [1.165, 1.54) is 0 Å². The number of nitro benzene ring substituents is 2. The second-order valence-corrected chi connectivity index (χ2v) is 7.28. The van der Waals surface area contributed by atoms with Crippen molar-refractivity contribution in [1.82, 2.24) is 4.90 Å². The molecule has 9 heteroatoms. The Kier molecular flexibility index (Phi) is 5.60. The molecule has 1 aromatic carbocycles. The third-order valence-electron chi connectivity index (χ3n) is 5.00. The summed E-state index contributed by atoms with van der Waals surface area (Å²) in [6.45, 7) is 3.60. The summed E-state index contributed by atoms with van der Waals surface area (Å²) in [6.07, 6.45) is 2.91. The molecule has 0 spiro atoms. The van der Waals surface area contributed by atoms with Crippen LogP contribution in [-0.4, -0.2) is 46.5 Å². The fourth-order valence-electron chi connectivity index (χ4n) is 3.70. The molecule has 1 fully saturated rings. The number of nitro groups is 2. The average molecular weight is 365 g/mol. The average Bonchev–Trinajstić information content (AvgIpc) is 3.04. The van der Waals surface area contributed by atoms with Crippen molar-refractivity contribution in [3.05, 3.63) is 44.0 Å². The van der Waals surface area contributed by atoms with Crippen molar-refractivity contribution in [2.24, 2.45) is 5.92 Å². The van der Waals surface area contributed by atoms with Crippen LogP contribution in [0.15, 0.2) is 18.2 Å². The minimum atomic E-state index is -0.846. The van der Waals surface area contributed by atoms with Crippen LogP contribution >= 0.6 is 0 Å². The number of ether oxygens (including phenoxy) is 1. The predicted octanol–water partition coefficient (Wildman–Crippen LogP) is 3.17. The Balaban J connectivity index is 2.29. The molecule has 0 saturated heterocycles. The number of esters is 1. The normalized spacial score (nSPS) is 20.2. The molecule has 2 rings (SSSR count). The quantitative estimate of drug-likeness (QED) is 0.432. The molecule has 0 unspecified atom stereocenters. The lowest BCUT2D eigenvalue weighted by Gasteiger charge is -2.37. The molecule has 1 aromatic rings. The summed E-state index contributed by atoms with van der Waals surface area (Å²) >= 11 is 0. The summed E-state index contributed by atoms with van der Waals surface area (Å²) in [5.41, 5.74) is -2.18. The van der Waals surface area contributed by atoms with Gasteiger partial charge in [-0.3, -0.25) is 20.2 Å². The van der Waals surface area contributed by atoms with E-state index >= 15 is 0 Å². The highest BCUT2D eigenvalue weighted by Crippen LogP contribution is 2.39. The van der Waals surface area contributed by atoms with Crippen LogP contribution in [0.3, 0.4) is 0 Å². The number of benzene rings is 1. The molecular weight excluding hydrogens is 342 g/mol. The van der Waals surface area contributed by atoms with Crippen molar-refractivity contribution >= 4 is 17.3 Å². The molecular formula is C17H23N3O6. The third kappa shape index (κ3) is 3.98. The largest absolute Gasteiger partial charge is 0.456 e. The maximum atomic E-state index is 12.6.